The predicted molar refractivity (Wildman–Crippen MR) is 120 cm³/mol. The van der Waals surface area contributed by atoms with E-state index in [1.54, 1.807) is 12.1 Å². The number of allylic oxidation sites excluding steroid dienone is 2. The van der Waals surface area contributed by atoms with Crippen molar-refractivity contribution in [1.82, 2.24) is 9.97 Å². The first-order valence-electron chi connectivity index (χ1n) is 9.64. The number of benzene rings is 1. The fourth-order valence-corrected chi connectivity index (χ4v) is 5.12. The number of imidazole rings is 1. The number of rotatable bonds is 3. The molecule has 158 valence electrons. The fourth-order valence-electron chi connectivity index (χ4n) is 4.03. The number of aromatic nitrogens is 2. The van der Waals surface area contributed by atoms with E-state index >= 15 is 0 Å². The number of aromatic amines is 1. The zero-order valence-electron chi connectivity index (χ0n) is 16.2. The third-order valence-corrected chi connectivity index (χ3v) is 6.95. The summed E-state index contributed by atoms with van der Waals surface area (Å²) in [7, 11) is 0. The number of hydrogen-bond acceptors (Lipinski definition) is 6. The van der Waals surface area contributed by atoms with Crippen molar-refractivity contribution in [3.63, 3.8) is 0 Å². The smallest absolute Gasteiger partial charge is 0.276 e. The highest BCUT2D eigenvalue weighted by Crippen LogP contribution is 2.40. The topological polar surface area (TPSA) is 125 Å². The van der Waals surface area contributed by atoms with Crippen LogP contribution in [0.3, 0.4) is 0 Å². The molecule has 6 N–H and O–H groups in total. The molecule has 1 aromatic carbocycles. The average molecular weight is 475 g/mol. The highest BCUT2D eigenvalue weighted by atomic mass is 35.5. The molecule has 1 aliphatic heterocycles. The number of furan rings is 1. The van der Waals surface area contributed by atoms with Gasteiger partial charge in [0.15, 0.2) is 16.0 Å². The van der Waals surface area contributed by atoms with Crippen LogP contribution in [0.4, 0.5) is 0 Å². The van der Waals surface area contributed by atoms with Crippen LogP contribution in [0.5, 0.6) is 0 Å². The molecule has 1 atom stereocenters. The van der Waals surface area contributed by atoms with E-state index in [-0.39, 0.29) is 5.78 Å². The maximum absolute atomic E-state index is 12.7. The molecule has 0 amide bonds. The SMILES string of the molecule is N/C=C1\C(N)=[NH+]C2=C(C(=O)CCC2)C1c1ccc(Sc2nc3cc(Cl)c(Cl)cc3[nH]2)o1. The first-order valence-corrected chi connectivity index (χ1v) is 11.2. The summed E-state index contributed by atoms with van der Waals surface area (Å²) in [5.74, 6) is 0.699. The molecule has 1 unspecified atom stereocenters. The number of carbonyl (C=O) groups excluding carboxylic acids is 1. The zero-order valence-corrected chi connectivity index (χ0v) is 18.5. The van der Waals surface area contributed by atoms with Gasteiger partial charge in [0.1, 0.15) is 11.5 Å². The number of nitrogens with one attached hydrogen (secondary N) is 2. The molecule has 2 aromatic heterocycles. The van der Waals surface area contributed by atoms with Crippen LogP contribution in [0.2, 0.25) is 10.0 Å². The van der Waals surface area contributed by atoms with Crippen LogP contribution in [0.1, 0.15) is 30.9 Å². The van der Waals surface area contributed by atoms with Crippen LogP contribution in [0, 0.1) is 0 Å². The van der Waals surface area contributed by atoms with Crippen molar-refractivity contribution in [1.29, 1.82) is 0 Å². The summed E-state index contributed by atoms with van der Waals surface area (Å²) in [5.41, 5.74) is 15.7. The van der Waals surface area contributed by atoms with Gasteiger partial charge in [-0.2, -0.15) is 0 Å². The van der Waals surface area contributed by atoms with E-state index < -0.39 is 5.92 Å². The van der Waals surface area contributed by atoms with Crippen LogP contribution in [0.25, 0.3) is 11.0 Å². The lowest BCUT2D eigenvalue weighted by Crippen LogP contribution is -2.77. The molecule has 0 fully saturated rings. The molecule has 0 bridgehead atoms. The van der Waals surface area contributed by atoms with Crippen LogP contribution < -0.4 is 16.5 Å². The summed E-state index contributed by atoms with van der Waals surface area (Å²) in [6.07, 6.45) is 3.50. The van der Waals surface area contributed by atoms with Gasteiger partial charge in [0.05, 0.1) is 38.1 Å². The van der Waals surface area contributed by atoms with Gasteiger partial charge >= 0.3 is 0 Å². The Morgan fingerprint density at radius 2 is 2.06 bits per heavy atom. The zero-order chi connectivity index (χ0) is 21.7. The van der Waals surface area contributed by atoms with E-state index in [0.717, 1.165) is 24.1 Å². The molecule has 31 heavy (non-hydrogen) atoms. The van der Waals surface area contributed by atoms with Crippen molar-refractivity contribution in [2.24, 2.45) is 11.5 Å². The molecule has 0 saturated heterocycles. The summed E-state index contributed by atoms with van der Waals surface area (Å²) in [4.78, 5) is 23.6. The maximum atomic E-state index is 12.7. The Kier molecular flexibility index (Phi) is 5.08. The lowest BCUT2D eigenvalue weighted by atomic mass is 9.78. The van der Waals surface area contributed by atoms with Crippen LogP contribution in [-0.2, 0) is 4.79 Å². The van der Waals surface area contributed by atoms with Crippen molar-refractivity contribution < 1.29 is 14.2 Å². The van der Waals surface area contributed by atoms with Crippen molar-refractivity contribution in [2.75, 3.05) is 0 Å². The number of ketones is 1. The average Bonchev–Trinajstić information content (AvgIpc) is 3.34. The van der Waals surface area contributed by atoms with Gasteiger partial charge in [-0.1, -0.05) is 23.2 Å². The minimum atomic E-state index is -0.434. The molecule has 3 aromatic rings. The summed E-state index contributed by atoms with van der Waals surface area (Å²) in [5, 5.41) is 2.15. The van der Waals surface area contributed by atoms with Crippen LogP contribution >= 0.6 is 35.0 Å². The lowest BCUT2D eigenvalue weighted by molar-refractivity contribution is -0.405. The molecule has 2 aliphatic rings. The van der Waals surface area contributed by atoms with E-state index in [0.29, 0.717) is 55.0 Å². The quantitative estimate of drug-likeness (QED) is 0.462. The van der Waals surface area contributed by atoms with Gasteiger partial charge in [-0.05, 0) is 42.4 Å². The number of amidine groups is 1. The minimum absolute atomic E-state index is 0.0854. The number of nitrogens with two attached hydrogens (primary N) is 2. The third-order valence-electron chi connectivity index (χ3n) is 5.42. The summed E-state index contributed by atoms with van der Waals surface area (Å²) < 4.78 is 6.12. The molecule has 0 saturated carbocycles. The number of fused-ring (bicyclic) bond motifs is 1. The molecule has 1 aliphatic carbocycles. The summed E-state index contributed by atoms with van der Waals surface area (Å²) in [6, 6.07) is 7.13. The molecule has 7 nitrogen and oxygen atoms in total. The molecule has 10 heteroatoms. The van der Waals surface area contributed by atoms with E-state index in [1.165, 1.54) is 18.0 Å². The monoisotopic (exact) mass is 474 g/mol. The second-order valence-corrected chi connectivity index (χ2v) is 9.15. The number of H-pyrrole nitrogens is 1. The number of Topliss-reactive ketones (excluding diaryl/α,β-unsaturated/α-hetero) is 1. The van der Waals surface area contributed by atoms with Crippen molar-refractivity contribution in [3.05, 3.63) is 63.1 Å². The third kappa shape index (κ3) is 3.54. The Morgan fingerprint density at radius 1 is 1.26 bits per heavy atom. The van der Waals surface area contributed by atoms with E-state index in [1.807, 2.05) is 12.1 Å². The predicted octanol–water partition coefficient (Wildman–Crippen LogP) is 3.00. The van der Waals surface area contributed by atoms with Gasteiger partial charge in [0.2, 0.25) is 0 Å². The van der Waals surface area contributed by atoms with E-state index in [9.17, 15) is 4.79 Å². The van der Waals surface area contributed by atoms with Gasteiger partial charge in [0.25, 0.3) is 5.84 Å². The Hall–Kier alpha value is -2.68. The number of hydrogen-bond donors (Lipinski definition) is 4. The normalized spacial score (nSPS) is 20.5. The fraction of sp³-hybridized carbons (Fsp3) is 0.190. The van der Waals surface area contributed by atoms with Gasteiger partial charge in [-0.15, -0.1) is 0 Å². The van der Waals surface area contributed by atoms with Gasteiger partial charge < -0.3 is 15.1 Å². The van der Waals surface area contributed by atoms with Crippen LogP contribution in [0.15, 0.2) is 62.0 Å². The number of carbonyl (C=O) groups is 1. The van der Waals surface area contributed by atoms with Gasteiger partial charge in [-0.25, -0.2) is 9.98 Å². The Labute approximate surface area is 191 Å². The molecule has 0 spiro atoms. The number of halogens is 2. The summed E-state index contributed by atoms with van der Waals surface area (Å²) >= 11 is 13.5. The molecule has 5 rings (SSSR count). The molecular weight excluding hydrogens is 457 g/mol. The lowest BCUT2D eigenvalue weighted by Gasteiger charge is -2.26. The Morgan fingerprint density at radius 3 is 2.87 bits per heavy atom. The second kappa shape index (κ2) is 7.78. The van der Waals surface area contributed by atoms with Crippen molar-refractivity contribution >= 4 is 57.6 Å². The second-order valence-electron chi connectivity index (χ2n) is 7.35. The molecule has 0 radical (unpaired) electrons. The highest BCUT2D eigenvalue weighted by Gasteiger charge is 2.40. The molecule has 3 heterocycles. The highest BCUT2D eigenvalue weighted by molar-refractivity contribution is 7.99. The first-order chi connectivity index (χ1) is 14.9. The van der Waals surface area contributed by atoms with Gasteiger partial charge in [0, 0.05) is 19.0 Å². The van der Waals surface area contributed by atoms with E-state index in [4.69, 9.17) is 39.1 Å². The van der Waals surface area contributed by atoms with Crippen molar-refractivity contribution in [2.45, 2.75) is 35.4 Å². The van der Waals surface area contributed by atoms with Gasteiger partial charge in [-0.3, -0.25) is 10.5 Å². The number of nitrogens with zero attached hydrogens (tertiary/aromatic N) is 1. The van der Waals surface area contributed by atoms with Crippen LogP contribution in [-0.4, -0.2) is 21.6 Å². The summed E-state index contributed by atoms with van der Waals surface area (Å²) in [6.45, 7) is 0. The minimum Gasteiger partial charge on any atom is -0.453 e. The largest absolute Gasteiger partial charge is 0.453 e. The van der Waals surface area contributed by atoms with E-state index in [2.05, 4.69) is 15.0 Å². The first kappa shape index (κ1) is 20.2. The van der Waals surface area contributed by atoms with Crippen molar-refractivity contribution in [3.8, 4) is 0 Å². The molecular formula is C21H18Cl2N5O2S+. The Balaban J connectivity index is 1.49. The Bertz CT molecular complexity index is 1280. The maximum Gasteiger partial charge on any atom is 0.276 e. The standard InChI is InChI=1S/C21H17Cl2N5O2S/c22-10-6-13-14(7-11(10)23)28-21(27-13)31-17-5-4-16(30-17)18-9(8-24)20(25)26-12-2-1-3-15(29)19(12)18/h4-8,18H,1-3,24H2,(H2,25,26)(H,27,28)/p+1/b9-8-.